The molecule has 122 valence electrons. The molecule has 25 heavy (non-hydrogen) atoms. The molecule has 5 nitrogen and oxygen atoms in total. The van der Waals surface area contributed by atoms with Crippen LogP contribution in [0.1, 0.15) is 5.56 Å². The molecule has 0 fully saturated rings. The largest absolute Gasteiger partial charge is 0.354 e. The third-order valence-electron chi connectivity index (χ3n) is 4.26. The second kappa shape index (κ2) is 5.87. The van der Waals surface area contributed by atoms with Gasteiger partial charge in [0.2, 0.25) is 0 Å². The summed E-state index contributed by atoms with van der Waals surface area (Å²) in [5.41, 5.74) is 4.08. The van der Waals surface area contributed by atoms with E-state index < -0.39 is 0 Å². The van der Waals surface area contributed by atoms with E-state index in [9.17, 15) is 10.1 Å². The van der Waals surface area contributed by atoms with Crippen molar-refractivity contribution in [2.45, 2.75) is 6.92 Å². The molecule has 1 heterocycles. The van der Waals surface area contributed by atoms with E-state index in [1.807, 2.05) is 54.6 Å². The van der Waals surface area contributed by atoms with Gasteiger partial charge in [-0.3, -0.25) is 10.1 Å². The summed E-state index contributed by atoms with van der Waals surface area (Å²) in [4.78, 5) is 15.6. The number of nitrogens with zero attached hydrogens (tertiary/aromatic N) is 2. The average molecular weight is 329 g/mol. The van der Waals surface area contributed by atoms with Crippen molar-refractivity contribution in [2.24, 2.45) is 0 Å². The Kier molecular flexibility index (Phi) is 3.54. The Hall–Kier alpha value is -3.47. The van der Waals surface area contributed by atoms with Crippen molar-refractivity contribution in [3.8, 4) is 0 Å². The van der Waals surface area contributed by atoms with Crippen LogP contribution in [0.15, 0.2) is 66.7 Å². The predicted octanol–water partition coefficient (Wildman–Crippen LogP) is 5.35. The first-order valence-corrected chi connectivity index (χ1v) is 7.93. The quantitative estimate of drug-likeness (QED) is 0.312. The molecule has 0 radical (unpaired) electrons. The summed E-state index contributed by atoms with van der Waals surface area (Å²) in [6.07, 6.45) is 0. The number of hydrogen-bond acceptors (Lipinski definition) is 4. The van der Waals surface area contributed by atoms with Crippen LogP contribution in [0.2, 0.25) is 0 Å². The second-order valence-corrected chi connectivity index (χ2v) is 5.90. The van der Waals surface area contributed by atoms with Crippen LogP contribution in [0.3, 0.4) is 0 Å². The molecule has 0 saturated carbocycles. The fourth-order valence-electron chi connectivity index (χ4n) is 3.00. The monoisotopic (exact) mass is 329 g/mol. The van der Waals surface area contributed by atoms with Gasteiger partial charge in [-0.05, 0) is 25.1 Å². The summed E-state index contributed by atoms with van der Waals surface area (Å²) in [6.45, 7) is 1.74. The Balaban J connectivity index is 1.93. The lowest BCUT2D eigenvalue weighted by atomic mass is 10.1. The maximum Gasteiger partial charge on any atom is 0.274 e. The van der Waals surface area contributed by atoms with Crippen molar-refractivity contribution in [3.05, 3.63) is 82.4 Å². The SMILES string of the molecule is Cc1ccc(Nc2c3ccccc3nc3ccccc23)cc1[N+](=O)[O-]. The van der Waals surface area contributed by atoms with Crippen molar-refractivity contribution in [1.29, 1.82) is 0 Å². The van der Waals surface area contributed by atoms with E-state index in [1.165, 1.54) is 0 Å². The normalized spacial score (nSPS) is 10.9. The Bertz CT molecular complexity index is 1070. The van der Waals surface area contributed by atoms with Crippen LogP contribution >= 0.6 is 0 Å². The molecule has 4 aromatic rings. The Labute approximate surface area is 144 Å². The highest BCUT2D eigenvalue weighted by atomic mass is 16.6. The number of rotatable bonds is 3. The summed E-state index contributed by atoms with van der Waals surface area (Å²) in [7, 11) is 0. The Morgan fingerprint density at radius 1 is 0.920 bits per heavy atom. The van der Waals surface area contributed by atoms with Gasteiger partial charge in [-0.25, -0.2) is 4.98 Å². The molecule has 0 bridgehead atoms. The summed E-state index contributed by atoms with van der Waals surface area (Å²) >= 11 is 0. The molecule has 5 heteroatoms. The van der Waals surface area contributed by atoms with Crippen LogP contribution in [-0.4, -0.2) is 9.91 Å². The number of anilines is 2. The van der Waals surface area contributed by atoms with Crippen LogP contribution in [-0.2, 0) is 0 Å². The van der Waals surface area contributed by atoms with Gasteiger partial charge in [0, 0.05) is 28.1 Å². The number of benzene rings is 3. The fraction of sp³-hybridized carbons (Fsp3) is 0.0500. The molecular formula is C20H15N3O2. The van der Waals surface area contributed by atoms with Gasteiger partial charge in [-0.15, -0.1) is 0 Å². The summed E-state index contributed by atoms with van der Waals surface area (Å²) < 4.78 is 0. The summed E-state index contributed by atoms with van der Waals surface area (Å²) in [6, 6.07) is 20.9. The van der Waals surface area contributed by atoms with E-state index >= 15 is 0 Å². The number of hydrogen-bond donors (Lipinski definition) is 1. The van der Waals surface area contributed by atoms with E-state index in [2.05, 4.69) is 5.32 Å². The third kappa shape index (κ3) is 2.65. The predicted molar refractivity (Wildman–Crippen MR) is 100 cm³/mol. The van der Waals surface area contributed by atoms with Gasteiger partial charge >= 0.3 is 0 Å². The minimum atomic E-state index is -0.358. The van der Waals surface area contributed by atoms with Gasteiger partial charge < -0.3 is 5.32 Å². The lowest BCUT2D eigenvalue weighted by molar-refractivity contribution is -0.385. The van der Waals surface area contributed by atoms with Crippen molar-refractivity contribution in [1.82, 2.24) is 4.98 Å². The number of pyridine rings is 1. The van der Waals surface area contributed by atoms with Crippen LogP contribution < -0.4 is 5.32 Å². The second-order valence-electron chi connectivity index (χ2n) is 5.90. The smallest absolute Gasteiger partial charge is 0.274 e. The van der Waals surface area contributed by atoms with Gasteiger partial charge in [0.05, 0.1) is 21.6 Å². The molecule has 1 aromatic heterocycles. The van der Waals surface area contributed by atoms with E-state index in [0.717, 1.165) is 27.5 Å². The molecule has 0 aliphatic carbocycles. The zero-order valence-electron chi connectivity index (χ0n) is 13.6. The van der Waals surface area contributed by atoms with Gasteiger partial charge in [0.25, 0.3) is 5.69 Å². The van der Waals surface area contributed by atoms with Gasteiger partial charge in [0.15, 0.2) is 0 Å². The van der Waals surface area contributed by atoms with Gasteiger partial charge in [-0.1, -0.05) is 42.5 Å². The molecule has 4 rings (SSSR count). The Morgan fingerprint density at radius 2 is 1.52 bits per heavy atom. The number of nitro groups is 1. The van der Waals surface area contributed by atoms with E-state index in [4.69, 9.17) is 4.98 Å². The number of para-hydroxylation sites is 2. The van der Waals surface area contributed by atoms with E-state index in [-0.39, 0.29) is 10.6 Å². The number of aromatic nitrogens is 1. The molecule has 0 aliphatic heterocycles. The summed E-state index contributed by atoms with van der Waals surface area (Å²) in [5.74, 6) is 0. The van der Waals surface area contributed by atoms with Crippen molar-refractivity contribution in [3.63, 3.8) is 0 Å². The first kappa shape index (κ1) is 15.1. The molecular weight excluding hydrogens is 314 g/mol. The van der Waals surface area contributed by atoms with Crippen LogP contribution in [0, 0.1) is 17.0 Å². The number of nitrogens with one attached hydrogen (secondary N) is 1. The molecule has 0 spiro atoms. The fourth-order valence-corrected chi connectivity index (χ4v) is 3.00. The summed E-state index contributed by atoms with van der Waals surface area (Å²) in [5, 5.41) is 16.5. The minimum Gasteiger partial charge on any atom is -0.354 e. The third-order valence-corrected chi connectivity index (χ3v) is 4.26. The maximum absolute atomic E-state index is 11.2. The highest BCUT2D eigenvalue weighted by Gasteiger charge is 2.13. The number of fused-ring (bicyclic) bond motifs is 2. The Morgan fingerprint density at radius 3 is 2.12 bits per heavy atom. The number of aryl methyl sites for hydroxylation is 1. The maximum atomic E-state index is 11.2. The lowest BCUT2D eigenvalue weighted by Gasteiger charge is -2.13. The molecule has 0 amide bonds. The highest BCUT2D eigenvalue weighted by molar-refractivity contribution is 6.08. The standard InChI is InChI=1S/C20H15N3O2/c1-13-10-11-14(12-19(13)23(24)25)21-20-15-6-2-4-8-17(15)22-18-9-5-3-7-16(18)20/h2-12H,1H3,(H,21,22). The topological polar surface area (TPSA) is 68.1 Å². The van der Waals surface area contributed by atoms with Crippen molar-refractivity contribution < 1.29 is 4.92 Å². The lowest BCUT2D eigenvalue weighted by Crippen LogP contribution is -1.97. The first-order chi connectivity index (χ1) is 12.1. The zero-order chi connectivity index (χ0) is 17.4. The average Bonchev–Trinajstić information content (AvgIpc) is 2.62. The molecule has 0 saturated heterocycles. The van der Waals surface area contributed by atoms with Crippen LogP contribution in [0.4, 0.5) is 17.1 Å². The van der Waals surface area contributed by atoms with Crippen molar-refractivity contribution >= 4 is 38.9 Å². The van der Waals surface area contributed by atoms with E-state index in [1.54, 1.807) is 19.1 Å². The molecule has 0 atom stereocenters. The molecule has 0 unspecified atom stereocenters. The van der Waals surface area contributed by atoms with Crippen molar-refractivity contribution in [2.75, 3.05) is 5.32 Å². The molecule has 3 aromatic carbocycles. The van der Waals surface area contributed by atoms with Crippen LogP contribution in [0.5, 0.6) is 0 Å². The van der Waals surface area contributed by atoms with Gasteiger partial charge in [0.1, 0.15) is 0 Å². The van der Waals surface area contributed by atoms with Gasteiger partial charge in [-0.2, -0.15) is 0 Å². The number of nitro benzene ring substituents is 1. The highest BCUT2D eigenvalue weighted by Crippen LogP contribution is 2.34. The zero-order valence-corrected chi connectivity index (χ0v) is 13.6. The van der Waals surface area contributed by atoms with E-state index in [0.29, 0.717) is 11.3 Å². The first-order valence-electron chi connectivity index (χ1n) is 7.93. The molecule has 1 N–H and O–H groups in total. The van der Waals surface area contributed by atoms with Crippen LogP contribution in [0.25, 0.3) is 21.8 Å². The molecule has 0 aliphatic rings. The minimum absolute atomic E-state index is 0.104.